The number of nitrogens with zero attached hydrogens (tertiary/aromatic N) is 2. The van der Waals surface area contributed by atoms with Crippen LogP contribution in [0.2, 0.25) is 0 Å². The summed E-state index contributed by atoms with van der Waals surface area (Å²) in [4.78, 5) is 8.53. The van der Waals surface area contributed by atoms with Crippen LogP contribution in [0.15, 0.2) is 41.6 Å². The van der Waals surface area contributed by atoms with E-state index in [4.69, 9.17) is 5.73 Å². The maximum atomic E-state index is 5.76. The van der Waals surface area contributed by atoms with Crippen LogP contribution in [0.4, 0.5) is 11.6 Å². The van der Waals surface area contributed by atoms with E-state index in [1.807, 2.05) is 12.3 Å². The highest BCUT2D eigenvalue weighted by molar-refractivity contribution is 7.98. The summed E-state index contributed by atoms with van der Waals surface area (Å²) in [5, 5.41) is 4.05. The van der Waals surface area contributed by atoms with Crippen LogP contribution >= 0.6 is 11.8 Å². The van der Waals surface area contributed by atoms with Crippen LogP contribution in [-0.4, -0.2) is 22.3 Å². The zero-order chi connectivity index (χ0) is 13.7. The second-order valence-electron chi connectivity index (χ2n) is 4.40. The van der Waals surface area contributed by atoms with Crippen molar-refractivity contribution in [3.05, 3.63) is 42.0 Å². The van der Waals surface area contributed by atoms with Crippen LogP contribution < -0.4 is 11.1 Å². The number of nitrogen functional groups attached to an aromatic ring is 1. The molecule has 1 aromatic heterocycles. The number of benzene rings is 1. The molecule has 0 spiro atoms. The molecule has 2 rings (SSSR count). The van der Waals surface area contributed by atoms with Crippen molar-refractivity contribution in [3.8, 4) is 0 Å². The smallest absolute Gasteiger partial charge is 0.191 e. The molecule has 0 aliphatic carbocycles. The molecule has 4 nitrogen and oxygen atoms in total. The number of nitrogens with two attached hydrogens (primary N) is 1. The molecular formula is C14H18N4S. The summed E-state index contributed by atoms with van der Waals surface area (Å²) < 4.78 is 0. The molecule has 0 aliphatic rings. The third-order valence-corrected chi connectivity index (χ3v) is 3.23. The summed E-state index contributed by atoms with van der Waals surface area (Å²) in [5.74, 6) is 1.27. The summed E-state index contributed by atoms with van der Waals surface area (Å²) in [6.07, 6.45) is 2.88. The molecule has 0 bridgehead atoms. The average Bonchev–Trinajstić information content (AvgIpc) is 2.38. The van der Waals surface area contributed by atoms with Crippen LogP contribution in [0.25, 0.3) is 0 Å². The minimum absolute atomic E-state index is 0.284. The van der Waals surface area contributed by atoms with Crippen molar-refractivity contribution in [3.63, 3.8) is 0 Å². The number of hydrogen-bond donors (Lipinski definition) is 2. The molecule has 0 saturated carbocycles. The lowest BCUT2D eigenvalue weighted by Crippen LogP contribution is -2.19. The van der Waals surface area contributed by atoms with Gasteiger partial charge in [0.2, 0.25) is 0 Å². The normalized spacial score (nSPS) is 12.1. The molecule has 1 heterocycles. The maximum absolute atomic E-state index is 5.76. The van der Waals surface area contributed by atoms with Crippen molar-refractivity contribution in [2.24, 2.45) is 0 Å². The topological polar surface area (TPSA) is 63.8 Å². The van der Waals surface area contributed by atoms with E-state index < -0.39 is 0 Å². The number of thioether (sulfide) groups is 1. The first-order valence-corrected chi connectivity index (χ1v) is 7.39. The van der Waals surface area contributed by atoms with Crippen LogP contribution in [0.1, 0.15) is 12.5 Å². The first kappa shape index (κ1) is 13.7. The maximum Gasteiger partial charge on any atom is 0.191 e. The van der Waals surface area contributed by atoms with Crippen molar-refractivity contribution in [2.75, 3.05) is 17.3 Å². The molecule has 1 aromatic carbocycles. The molecule has 100 valence electrons. The van der Waals surface area contributed by atoms with Crippen LogP contribution in [0.3, 0.4) is 0 Å². The van der Waals surface area contributed by atoms with Crippen molar-refractivity contribution < 1.29 is 0 Å². The number of hydrogen-bond acceptors (Lipinski definition) is 5. The van der Waals surface area contributed by atoms with E-state index in [2.05, 4.69) is 46.5 Å². The van der Waals surface area contributed by atoms with Gasteiger partial charge in [-0.05, 0) is 25.2 Å². The Bertz CT molecular complexity index is 530. The van der Waals surface area contributed by atoms with E-state index in [0.29, 0.717) is 11.0 Å². The molecule has 5 heteroatoms. The van der Waals surface area contributed by atoms with Crippen LogP contribution in [0.5, 0.6) is 0 Å². The first-order valence-electron chi connectivity index (χ1n) is 6.16. The Hall–Kier alpha value is -1.75. The second-order valence-corrected chi connectivity index (χ2v) is 5.17. The van der Waals surface area contributed by atoms with Gasteiger partial charge in [0.15, 0.2) is 5.16 Å². The summed E-state index contributed by atoms with van der Waals surface area (Å²) in [6.45, 7) is 2.13. The number of anilines is 2. The molecule has 2 aromatic rings. The van der Waals surface area contributed by atoms with Gasteiger partial charge in [0.25, 0.3) is 0 Å². The van der Waals surface area contributed by atoms with Gasteiger partial charge < -0.3 is 11.1 Å². The largest absolute Gasteiger partial charge is 0.383 e. The Labute approximate surface area is 117 Å². The van der Waals surface area contributed by atoms with Gasteiger partial charge >= 0.3 is 0 Å². The van der Waals surface area contributed by atoms with Gasteiger partial charge in [0.1, 0.15) is 11.6 Å². The molecule has 1 unspecified atom stereocenters. The fourth-order valence-corrected chi connectivity index (χ4v) is 2.27. The predicted octanol–water partition coefficient (Wildman–Crippen LogP) is 2.82. The molecular weight excluding hydrogens is 256 g/mol. The minimum atomic E-state index is 0.284. The van der Waals surface area contributed by atoms with Gasteiger partial charge in [-0.3, -0.25) is 0 Å². The van der Waals surface area contributed by atoms with Crippen molar-refractivity contribution >= 4 is 23.4 Å². The van der Waals surface area contributed by atoms with Gasteiger partial charge in [-0.1, -0.05) is 42.1 Å². The lowest BCUT2D eigenvalue weighted by atomic mass is 10.1. The van der Waals surface area contributed by atoms with Gasteiger partial charge in [-0.15, -0.1) is 0 Å². The highest BCUT2D eigenvalue weighted by Gasteiger charge is 2.06. The summed E-state index contributed by atoms with van der Waals surface area (Å²) in [7, 11) is 0. The molecule has 0 saturated heterocycles. The summed E-state index contributed by atoms with van der Waals surface area (Å²) in [6, 6.07) is 12.4. The standard InChI is InChI=1S/C14H18N4S/c1-10(8-11-6-4-3-5-7-11)16-13-9-12(15)17-14(18-13)19-2/h3-7,9-10H,8H2,1-2H3,(H3,15,16,17,18). The fourth-order valence-electron chi connectivity index (χ4n) is 1.88. The number of aromatic nitrogens is 2. The van der Waals surface area contributed by atoms with Gasteiger partial charge in [0, 0.05) is 12.1 Å². The molecule has 3 N–H and O–H groups in total. The van der Waals surface area contributed by atoms with E-state index in [0.717, 1.165) is 12.2 Å². The molecule has 19 heavy (non-hydrogen) atoms. The van der Waals surface area contributed by atoms with Crippen molar-refractivity contribution in [1.29, 1.82) is 0 Å². The highest BCUT2D eigenvalue weighted by atomic mass is 32.2. The molecule has 0 radical (unpaired) electrons. The lowest BCUT2D eigenvalue weighted by molar-refractivity contribution is 0.778. The Kier molecular flexibility index (Phi) is 4.63. The van der Waals surface area contributed by atoms with Gasteiger partial charge in [0.05, 0.1) is 0 Å². The Morgan fingerprint density at radius 1 is 1.26 bits per heavy atom. The third-order valence-electron chi connectivity index (χ3n) is 2.69. The van der Waals surface area contributed by atoms with E-state index in [9.17, 15) is 0 Å². The SMILES string of the molecule is CSc1nc(N)cc(NC(C)Cc2ccccc2)n1. The second kappa shape index (κ2) is 6.43. The van der Waals surface area contributed by atoms with Crippen LogP contribution in [-0.2, 0) is 6.42 Å². The van der Waals surface area contributed by atoms with Crippen molar-refractivity contribution in [2.45, 2.75) is 24.5 Å². The average molecular weight is 274 g/mol. The Morgan fingerprint density at radius 2 is 2.00 bits per heavy atom. The Morgan fingerprint density at radius 3 is 2.68 bits per heavy atom. The van der Waals surface area contributed by atoms with Gasteiger partial charge in [-0.2, -0.15) is 0 Å². The van der Waals surface area contributed by atoms with Crippen molar-refractivity contribution in [1.82, 2.24) is 9.97 Å². The van der Waals surface area contributed by atoms with E-state index in [1.54, 1.807) is 6.07 Å². The van der Waals surface area contributed by atoms with E-state index in [-0.39, 0.29) is 6.04 Å². The molecule has 0 aliphatic heterocycles. The number of rotatable bonds is 5. The zero-order valence-corrected chi connectivity index (χ0v) is 11.9. The first-order chi connectivity index (χ1) is 9.17. The molecule has 0 amide bonds. The summed E-state index contributed by atoms with van der Waals surface area (Å²) in [5.41, 5.74) is 7.06. The van der Waals surface area contributed by atoms with Gasteiger partial charge in [-0.25, -0.2) is 9.97 Å². The fraction of sp³-hybridized carbons (Fsp3) is 0.286. The highest BCUT2D eigenvalue weighted by Crippen LogP contribution is 2.16. The molecule has 1 atom stereocenters. The zero-order valence-electron chi connectivity index (χ0n) is 11.1. The third kappa shape index (κ3) is 4.13. The lowest BCUT2D eigenvalue weighted by Gasteiger charge is -2.15. The quantitative estimate of drug-likeness (QED) is 0.648. The summed E-state index contributed by atoms with van der Waals surface area (Å²) >= 11 is 1.49. The minimum Gasteiger partial charge on any atom is -0.383 e. The van der Waals surface area contributed by atoms with E-state index >= 15 is 0 Å². The van der Waals surface area contributed by atoms with Crippen LogP contribution in [0, 0.1) is 0 Å². The monoisotopic (exact) mass is 274 g/mol. The Balaban J connectivity index is 2.02. The predicted molar refractivity (Wildman–Crippen MR) is 81.5 cm³/mol. The molecule has 0 fully saturated rings. The van der Waals surface area contributed by atoms with E-state index in [1.165, 1.54) is 17.3 Å². The number of nitrogens with one attached hydrogen (secondary N) is 1.